The normalized spacial score (nSPS) is 9.80. The van der Waals surface area contributed by atoms with Crippen molar-refractivity contribution in [3.63, 3.8) is 0 Å². The first-order chi connectivity index (χ1) is 9.58. The van der Waals surface area contributed by atoms with Crippen molar-refractivity contribution in [3.05, 3.63) is 59.2 Å². The van der Waals surface area contributed by atoms with Crippen molar-refractivity contribution in [2.24, 2.45) is 0 Å². The van der Waals surface area contributed by atoms with Gasteiger partial charge in [0.1, 0.15) is 17.6 Å². The summed E-state index contributed by atoms with van der Waals surface area (Å²) in [5.74, 6) is 0.198. The maximum Gasteiger partial charge on any atom is 0.307 e. The van der Waals surface area contributed by atoms with Crippen molar-refractivity contribution in [3.8, 4) is 17.6 Å². The van der Waals surface area contributed by atoms with Crippen molar-refractivity contribution in [1.29, 1.82) is 5.26 Å². The smallest absolute Gasteiger partial charge is 0.307 e. The lowest BCUT2D eigenvalue weighted by Gasteiger charge is -2.08. The molecule has 0 bridgehead atoms. The molecule has 4 heteroatoms. The van der Waals surface area contributed by atoms with Crippen LogP contribution < -0.4 is 4.74 Å². The predicted octanol–water partition coefficient (Wildman–Crippen LogP) is 3.29. The van der Waals surface area contributed by atoms with Gasteiger partial charge in [-0.15, -0.1) is 0 Å². The summed E-state index contributed by atoms with van der Waals surface area (Å²) in [5.41, 5.74) is 2.17. The Hall–Kier alpha value is -2.80. The number of rotatable bonds is 4. The van der Waals surface area contributed by atoms with Crippen LogP contribution >= 0.6 is 0 Å². The van der Waals surface area contributed by atoms with Gasteiger partial charge in [0.15, 0.2) is 0 Å². The molecule has 0 fully saturated rings. The number of carboxylic acids is 1. The number of ether oxygens (including phenoxy) is 1. The zero-order valence-corrected chi connectivity index (χ0v) is 11.0. The Morgan fingerprint density at radius 3 is 2.55 bits per heavy atom. The number of nitrogens with zero attached hydrogens (tertiary/aromatic N) is 1. The van der Waals surface area contributed by atoms with E-state index in [2.05, 4.69) is 6.07 Å². The van der Waals surface area contributed by atoms with E-state index < -0.39 is 5.97 Å². The van der Waals surface area contributed by atoms with E-state index in [0.717, 1.165) is 5.56 Å². The fraction of sp³-hybridized carbons (Fsp3) is 0.125. The molecular weight excluding hydrogens is 254 g/mol. The number of hydrogen-bond acceptors (Lipinski definition) is 3. The third-order valence-corrected chi connectivity index (χ3v) is 2.76. The van der Waals surface area contributed by atoms with Crippen LogP contribution in [0, 0.1) is 18.3 Å². The molecule has 100 valence electrons. The molecule has 2 aromatic carbocycles. The molecule has 4 nitrogen and oxygen atoms in total. The van der Waals surface area contributed by atoms with Crippen LogP contribution in [0.2, 0.25) is 0 Å². The van der Waals surface area contributed by atoms with E-state index in [0.29, 0.717) is 22.6 Å². The molecule has 0 spiro atoms. The Balaban J connectivity index is 2.20. The molecule has 2 rings (SSSR count). The minimum Gasteiger partial charge on any atom is -0.481 e. The van der Waals surface area contributed by atoms with Crippen molar-refractivity contribution in [2.75, 3.05) is 0 Å². The highest BCUT2D eigenvalue weighted by molar-refractivity contribution is 5.70. The molecular formula is C16H13NO3. The zero-order valence-electron chi connectivity index (χ0n) is 11.0. The average Bonchev–Trinajstić information content (AvgIpc) is 2.41. The second-order valence-corrected chi connectivity index (χ2v) is 4.43. The highest BCUT2D eigenvalue weighted by Crippen LogP contribution is 2.26. The first-order valence-corrected chi connectivity index (χ1v) is 6.08. The quantitative estimate of drug-likeness (QED) is 0.922. The lowest BCUT2D eigenvalue weighted by Crippen LogP contribution is -1.99. The minimum atomic E-state index is -0.871. The number of hydrogen-bond donors (Lipinski definition) is 1. The molecule has 0 amide bonds. The van der Waals surface area contributed by atoms with Crippen LogP contribution in [-0.4, -0.2) is 11.1 Å². The molecule has 0 aliphatic heterocycles. The van der Waals surface area contributed by atoms with Gasteiger partial charge >= 0.3 is 5.97 Å². The van der Waals surface area contributed by atoms with Crippen LogP contribution in [0.3, 0.4) is 0 Å². The van der Waals surface area contributed by atoms with Crippen LogP contribution in [0.1, 0.15) is 16.7 Å². The molecule has 0 saturated carbocycles. The van der Waals surface area contributed by atoms with Gasteiger partial charge in [-0.3, -0.25) is 4.79 Å². The van der Waals surface area contributed by atoms with E-state index in [-0.39, 0.29) is 6.42 Å². The van der Waals surface area contributed by atoms with Crippen molar-refractivity contribution < 1.29 is 14.6 Å². The number of carbonyl (C=O) groups is 1. The number of benzene rings is 2. The van der Waals surface area contributed by atoms with Gasteiger partial charge in [-0.05, 0) is 42.3 Å². The van der Waals surface area contributed by atoms with Gasteiger partial charge in [-0.2, -0.15) is 5.26 Å². The first kappa shape index (κ1) is 13.6. The van der Waals surface area contributed by atoms with E-state index in [1.807, 2.05) is 13.0 Å². The molecule has 2 aromatic rings. The van der Waals surface area contributed by atoms with E-state index in [9.17, 15) is 4.79 Å². The van der Waals surface area contributed by atoms with Crippen molar-refractivity contribution in [1.82, 2.24) is 0 Å². The summed E-state index contributed by atoms with van der Waals surface area (Å²) >= 11 is 0. The van der Waals surface area contributed by atoms with Gasteiger partial charge in [-0.1, -0.05) is 18.2 Å². The second-order valence-electron chi connectivity index (χ2n) is 4.43. The predicted molar refractivity (Wildman–Crippen MR) is 73.7 cm³/mol. The second kappa shape index (κ2) is 5.89. The molecule has 0 aromatic heterocycles. The summed E-state index contributed by atoms with van der Waals surface area (Å²) in [4.78, 5) is 10.6. The summed E-state index contributed by atoms with van der Waals surface area (Å²) in [7, 11) is 0. The zero-order chi connectivity index (χ0) is 14.5. The van der Waals surface area contributed by atoms with Gasteiger partial charge in [-0.25, -0.2) is 0 Å². The Morgan fingerprint density at radius 1 is 1.25 bits per heavy atom. The minimum absolute atomic E-state index is 0.0197. The maximum atomic E-state index is 10.6. The van der Waals surface area contributed by atoms with Crippen LogP contribution in [0.5, 0.6) is 11.5 Å². The summed E-state index contributed by atoms with van der Waals surface area (Å²) in [6.45, 7) is 1.92. The van der Waals surface area contributed by atoms with Gasteiger partial charge < -0.3 is 9.84 Å². The van der Waals surface area contributed by atoms with E-state index in [1.54, 1.807) is 36.4 Å². The molecule has 20 heavy (non-hydrogen) atoms. The highest BCUT2D eigenvalue weighted by Gasteiger charge is 2.06. The van der Waals surface area contributed by atoms with Crippen LogP contribution in [0.4, 0.5) is 0 Å². The van der Waals surface area contributed by atoms with Crippen molar-refractivity contribution in [2.45, 2.75) is 13.3 Å². The average molecular weight is 267 g/mol. The molecule has 0 heterocycles. The largest absolute Gasteiger partial charge is 0.481 e. The number of aliphatic carboxylic acids is 1. The highest BCUT2D eigenvalue weighted by atomic mass is 16.5. The Morgan fingerprint density at radius 2 is 1.95 bits per heavy atom. The van der Waals surface area contributed by atoms with E-state index >= 15 is 0 Å². The SMILES string of the molecule is Cc1ccc(C#N)c(Oc2ccc(CC(=O)O)cc2)c1. The maximum absolute atomic E-state index is 10.6. The number of nitriles is 1. The van der Waals surface area contributed by atoms with Gasteiger partial charge in [0.2, 0.25) is 0 Å². The van der Waals surface area contributed by atoms with Crippen molar-refractivity contribution >= 4 is 5.97 Å². The molecule has 0 radical (unpaired) electrons. The first-order valence-electron chi connectivity index (χ1n) is 6.08. The third-order valence-electron chi connectivity index (χ3n) is 2.76. The van der Waals surface area contributed by atoms with Crippen LogP contribution in [0.25, 0.3) is 0 Å². The van der Waals surface area contributed by atoms with Crippen LogP contribution in [-0.2, 0) is 11.2 Å². The lowest BCUT2D eigenvalue weighted by atomic mass is 10.1. The molecule has 0 unspecified atom stereocenters. The van der Waals surface area contributed by atoms with Gasteiger partial charge in [0, 0.05) is 0 Å². The van der Waals surface area contributed by atoms with Gasteiger partial charge in [0.25, 0.3) is 0 Å². The molecule has 1 N–H and O–H groups in total. The summed E-state index contributed by atoms with van der Waals surface area (Å²) in [6.07, 6.45) is -0.0197. The molecule has 0 aliphatic rings. The summed E-state index contributed by atoms with van der Waals surface area (Å²) in [5, 5.41) is 17.7. The molecule has 0 atom stereocenters. The Bertz CT molecular complexity index is 669. The number of aryl methyl sites for hydroxylation is 1. The fourth-order valence-corrected chi connectivity index (χ4v) is 1.78. The Kier molecular flexibility index (Phi) is 4.02. The fourth-order valence-electron chi connectivity index (χ4n) is 1.78. The molecule has 0 aliphatic carbocycles. The number of carboxylic acid groups (broad SMARTS) is 1. The Labute approximate surface area is 116 Å². The van der Waals surface area contributed by atoms with Gasteiger partial charge in [0.05, 0.1) is 12.0 Å². The lowest BCUT2D eigenvalue weighted by molar-refractivity contribution is -0.136. The topological polar surface area (TPSA) is 70.3 Å². The van der Waals surface area contributed by atoms with Crippen LogP contribution in [0.15, 0.2) is 42.5 Å². The van der Waals surface area contributed by atoms with E-state index in [4.69, 9.17) is 15.1 Å². The standard InChI is InChI=1S/C16H13NO3/c1-11-2-5-13(10-17)15(8-11)20-14-6-3-12(4-7-14)9-16(18)19/h2-8H,9H2,1H3,(H,18,19). The monoisotopic (exact) mass is 267 g/mol. The summed E-state index contributed by atoms with van der Waals surface area (Å²) in [6, 6.07) is 14.2. The molecule has 0 saturated heterocycles. The summed E-state index contributed by atoms with van der Waals surface area (Å²) < 4.78 is 5.67. The third kappa shape index (κ3) is 3.36. The van der Waals surface area contributed by atoms with E-state index in [1.165, 1.54) is 0 Å².